The van der Waals surface area contributed by atoms with Gasteiger partial charge in [-0.3, -0.25) is 15.1 Å². The van der Waals surface area contributed by atoms with E-state index in [1.165, 1.54) is 18.5 Å². The minimum absolute atomic E-state index is 0.0617. The Morgan fingerprint density at radius 1 is 1.22 bits per heavy atom. The number of furan rings is 1. The summed E-state index contributed by atoms with van der Waals surface area (Å²) in [6.45, 7) is 0. The van der Waals surface area contributed by atoms with Crippen molar-refractivity contribution in [1.29, 1.82) is 0 Å². The highest BCUT2D eigenvalue weighted by Gasteiger charge is 2.15. The van der Waals surface area contributed by atoms with Crippen molar-refractivity contribution in [2.45, 2.75) is 0 Å². The quantitative estimate of drug-likeness (QED) is 0.509. The highest BCUT2D eigenvalue weighted by molar-refractivity contribution is 5.85. The number of non-ortho nitro benzene ring substituents is 1. The predicted molar refractivity (Wildman–Crippen MR) is 63.9 cm³/mol. The summed E-state index contributed by atoms with van der Waals surface area (Å²) in [4.78, 5) is 18.9. The first-order chi connectivity index (χ1) is 8.75. The van der Waals surface area contributed by atoms with E-state index in [4.69, 9.17) is 4.42 Å². The Balaban J connectivity index is 2.28. The molecule has 0 radical (unpaired) electrons. The summed E-state index contributed by atoms with van der Waals surface area (Å²) in [5.41, 5.74) is 1.16. The minimum Gasteiger partial charge on any atom is -0.463 e. The van der Waals surface area contributed by atoms with Gasteiger partial charge in [0, 0.05) is 6.07 Å². The molecule has 0 bridgehead atoms. The van der Waals surface area contributed by atoms with Gasteiger partial charge < -0.3 is 4.42 Å². The van der Waals surface area contributed by atoms with E-state index >= 15 is 0 Å². The number of hydrogen-bond acceptors (Lipinski definition) is 5. The molecule has 0 atom stereocenters. The van der Waals surface area contributed by atoms with Crippen LogP contribution in [-0.2, 0) is 0 Å². The SMILES string of the molecule is O=[N+]([O-])c1cccc2ncc(-c3ccco3)nc12. The molecule has 0 fully saturated rings. The zero-order chi connectivity index (χ0) is 12.5. The number of hydrogen-bond donors (Lipinski definition) is 0. The lowest BCUT2D eigenvalue weighted by Gasteiger charge is -2.00. The molecule has 0 amide bonds. The maximum absolute atomic E-state index is 10.9. The molecule has 88 valence electrons. The normalized spacial score (nSPS) is 10.7. The number of nitro groups is 1. The van der Waals surface area contributed by atoms with Crippen molar-refractivity contribution < 1.29 is 9.34 Å². The van der Waals surface area contributed by atoms with Crippen LogP contribution in [0.15, 0.2) is 47.2 Å². The fourth-order valence-corrected chi connectivity index (χ4v) is 1.71. The lowest BCUT2D eigenvalue weighted by Crippen LogP contribution is -1.94. The zero-order valence-electron chi connectivity index (χ0n) is 9.11. The van der Waals surface area contributed by atoms with Crippen molar-refractivity contribution in [2.24, 2.45) is 0 Å². The highest BCUT2D eigenvalue weighted by atomic mass is 16.6. The molecule has 0 unspecified atom stereocenters. The van der Waals surface area contributed by atoms with Crippen molar-refractivity contribution in [3.63, 3.8) is 0 Å². The first-order valence-electron chi connectivity index (χ1n) is 5.20. The first-order valence-corrected chi connectivity index (χ1v) is 5.20. The number of para-hydroxylation sites is 1. The van der Waals surface area contributed by atoms with Crippen molar-refractivity contribution in [2.75, 3.05) is 0 Å². The molecular formula is C12H7N3O3. The van der Waals surface area contributed by atoms with E-state index in [1.807, 2.05) is 0 Å². The molecule has 0 spiro atoms. The Morgan fingerprint density at radius 3 is 2.83 bits per heavy atom. The number of benzene rings is 1. The first kappa shape index (κ1) is 10.4. The summed E-state index contributed by atoms with van der Waals surface area (Å²) in [5, 5.41) is 10.9. The maximum atomic E-state index is 10.9. The molecule has 1 aromatic carbocycles. The second-order valence-electron chi connectivity index (χ2n) is 3.63. The van der Waals surface area contributed by atoms with Crippen molar-refractivity contribution in [3.05, 3.63) is 52.9 Å². The van der Waals surface area contributed by atoms with E-state index < -0.39 is 4.92 Å². The second kappa shape index (κ2) is 3.92. The average molecular weight is 241 g/mol. The minimum atomic E-state index is -0.469. The molecule has 0 aliphatic carbocycles. The molecule has 0 saturated heterocycles. The smallest absolute Gasteiger partial charge is 0.297 e. The van der Waals surface area contributed by atoms with Gasteiger partial charge in [0.1, 0.15) is 5.69 Å². The average Bonchev–Trinajstić information content (AvgIpc) is 2.91. The third-order valence-electron chi connectivity index (χ3n) is 2.52. The molecule has 0 aliphatic heterocycles. The lowest BCUT2D eigenvalue weighted by atomic mass is 10.2. The van der Waals surface area contributed by atoms with Crippen LogP contribution in [-0.4, -0.2) is 14.9 Å². The number of rotatable bonds is 2. The van der Waals surface area contributed by atoms with E-state index in [1.54, 1.807) is 24.3 Å². The van der Waals surface area contributed by atoms with Gasteiger partial charge in [0.05, 0.1) is 22.9 Å². The van der Waals surface area contributed by atoms with Crippen LogP contribution in [0, 0.1) is 10.1 Å². The summed E-state index contributed by atoms with van der Waals surface area (Å²) in [5.74, 6) is 0.530. The van der Waals surface area contributed by atoms with Crippen LogP contribution in [0.1, 0.15) is 0 Å². The second-order valence-corrected chi connectivity index (χ2v) is 3.63. The molecule has 2 heterocycles. The van der Waals surface area contributed by atoms with Crippen LogP contribution in [0.3, 0.4) is 0 Å². The fraction of sp³-hybridized carbons (Fsp3) is 0. The number of fused-ring (bicyclic) bond motifs is 1. The summed E-state index contributed by atoms with van der Waals surface area (Å²) in [6.07, 6.45) is 3.05. The van der Waals surface area contributed by atoms with Crippen LogP contribution in [0.25, 0.3) is 22.5 Å². The molecule has 6 heteroatoms. The summed E-state index contributed by atoms with van der Waals surface area (Å²) < 4.78 is 5.20. The van der Waals surface area contributed by atoms with Gasteiger partial charge in [0.15, 0.2) is 11.3 Å². The van der Waals surface area contributed by atoms with E-state index in [2.05, 4.69) is 9.97 Å². The Kier molecular flexibility index (Phi) is 2.26. The molecule has 6 nitrogen and oxygen atoms in total. The van der Waals surface area contributed by atoms with Gasteiger partial charge in [0.2, 0.25) is 0 Å². The molecule has 0 aliphatic rings. The maximum Gasteiger partial charge on any atom is 0.297 e. The summed E-state index contributed by atoms with van der Waals surface area (Å²) >= 11 is 0. The van der Waals surface area contributed by atoms with Crippen LogP contribution in [0.4, 0.5) is 5.69 Å². The molecule has 2 aromatic heterocycles. The van der Waals surface area contributed by atoms with Gasteiger partial charge in [-0.25, -0.2) is 4.98 Å². The molecule has 18 heavy (non-hydrogen) atoms. The zero-order valence-corrected chi connectivity index (χ0v) is 9.11. The van der Waals surface area contributed by atoms with Crippen molar-refractivity contribution in [3.8, 4) is 11.5 Å². The Morgan fingerprint density at radius 2 is 2.11 bits per heavy atom. The van der Waals surface area contributed by atoms with Gasteiger partial charge in [-0.1, -0.05) is 6.07 Å². The third kappa shape index (κ3) is 1.60. The van der Waals surface area contributed by atoms with Gasteiger partial charge in [-0.05, 0) is 18.2 Å². The molecule has 0 N–H and O–H groups in total. The topological polar surface area (TPSA) is 82.1 Å². The monoisotopic (exact) mass is 241 g/mol. The molecule has 3 aromatic rings. The van der Waals surface area contributed by atoms with Gasteiger partial charge in [-0.2, -0.15) is 0 Å². The highest BCUT2D eigenvalue weighted by Crippen LogP contribution is 2.25. The van der Waals surface area contributed by atoms with E-state index in [0.717, 1.165) is 0 Å². The summed E-state index contributed by atoms with van der Waals surface area (Å²) in [7, 11) is 0. The molecule has 3 rings (SSSR count). The van der Waals surface area contributed by atoms with Gasteiger partial charge >= 0.3 is 0 Å². The lowest BCUT2D eigenvalue weighted by molar-refractivity contribution is -0.383. The van der Waals surface area contributed by atoms with Crippen LogP contribution in [0.2, 0.25) is 0 Å². The molecule has 0 saturated carbocycles. The number of nitrogens with zero attached hydrogens (tertiary/aromatic N) is 3. The predicted octanol–water partition coefficient (Wildman–Crippen LogP) is 2.80. The van der Waals surface area contributed by atoms with Crippen molar-refractivity contribution in [1.82, 2.24) is 9.97 Å². The van der Waals surface area contributed by atoms with E-state index in [-0.39, 0.29) is 11.2 Å². The Labute approximate surface area is 101 Å². The summed E-state index contributed by atoms with van der Waals surface area (Å²) in [6, 6.07) is 8.12. The van der Waals surface area contributed by atoms with Gasteiger partial charge in [-0.15, -0.1) is 0 Å². The van der Waals surface area contributed by atoms with Crippen LogP contribution >= 0.6 is 0 Å². The Bertz CT molecular complexity index is 723. The number of aromatic nitrogens is 2. The standard InChI is InChI=1S/C12H7N3O3/c16-15(17)10-4-1-3-8-12(10)14-9(7-13-8)11-5-2-6-18-11/h1-7H. The van der Waals surface area contributed by atoms with E-state index in [0.29, 0.717) is 17.0 Å². The third-order valence-corrected chi connectivity index (χ3v) is 2.52. The Hall–Kier alpha value is -2.76. The van der Waals surface area contributed by atoms with Crippen LogP contribution < -0.4 is 0 Å². The van der Waals surface area contributed by atoms with Crippen molar-refractivity contribution >= 4 is 16.7 Å². The molecular weight excluding hydrogens is 234 g/mol. The fourth-order valence-electron chi connectivity index (χ4n) is 1.71. The number of nitro benzene ring substituents is 1. The largest absolute Gasteiger partial charge is 0.463 e. The van der Waals surface area contributed by atoms with Crippen LogP contribution in [0.5, 0.6) is 0 Å². The van der Waals surface area contributed by atoms with E-state index in [9.17, 15) is 10.1 Å². The van der Waals surface area contributed by atoms with Gasteiger partial charge in [0.25, 0.3) is 5.69 Å².